The van der Waals surface area contributed by atoms with E-state index in [1.165, 1.54) is 10.5 Å². The van der Waals surface area contributed by atoms with Crippen molar-refractivity contribution in [3.63, 3.8) is 0 Å². The molecule has 0 saturated carbocycles. The largest absolute Gasteiger partial charge is 0.378 e. The summed E-state index contributed by atoms with van der Waals surface area (Å²) in [6.45, 7) is 5.05. The summed E-state index contributed by atoms with van der Waals surface area (Å²) in [5.41, 5.74) is 1.84. The van der Waals surface area contributed by atoms with Gasteiger partial charge in [0.1, 0.15) is 0 Å². The van der Waals surface area contributed by atoms with Crippen LogP contribution < -0.4 is 4.90 Å². The van der Waals surface area contributed by atoms with E-state index in [0.717, 1.165) is 18.5 Å². The van der Waals surface area contributed by atoms with Gasteiger partial charge in [-0.25, -0.2) is 0 Å². The van der Waals surface area contributed by atoms with Crippen LogP contribution in [0.2, 0.25) is 0 Å². The second-order valence-electron chi connectivity index (χ2n) is 7.01. The van der Waals surface area contributed by atoms with Crippen molar-refractivity contribution >= 4 is 17.5 Å². The van der Waals surface area contributed by atoms with Crippen LogP contribution in [0.3, 0.4) is 0 Å². The molecule has 1 fully saturated rings. The van der Waals surface area contributed by atoms with Crippen LogP contribution in [0.15, 0.2) is 24.3 Å². The fourth-order valence-electron chi connectivity index (χ4n) is 3.31. The fraction of sp³-hybridized carbons (Fsp3) is 0.579. The lowest BCUT2D eigenvalue weighted by Gasteiger charge is -2.26. The Bertz CT molecular complexity index is 591. The van der Waals surface area contributed by atoms with Crippen molar-refractivity contribution in [1.82, 2.24) is 9.80 Å². The number of imide groups is 1. The number of likely N-dealkylation sites (tertiary alicyclic amines) is 1. The molecule has 0 aromatic heterocycles. The lowest BCUT2D eigenvalue weighted by molar-refractivity contribution is -0.144. The average molecular weight is 331 g/mol. The Balaban J connectivity index is 2.00. The highest BCUT2D eigenvalue weighted by atomic mass is 16.2. The third-order valence-corrected chi connectivity index (χ3v) is 5.13. The minimum atomic E-state index is -0.481. The quantitative estimate of drug-likeness (QED) is 0.721. The maximum absolute atomic E-state index is 12.7. The molecule has 24 heavy (non-hydrogen) atoms. The molecule has 0 N–H and O–H groups in total. The SMILES string of the molecule is CCC1(CC)CC(=O)N(CN(C)Cc2ccc(N(C)C)cc2)C1=O. The molecule has 0 atom stereocenters. The van der Waals surface area contributed by atoms with Gasteiger partial charge in [-0.3, -0.25) is 19.4 Å². The first-order valence-corrected chi connectivity index (χ1v) is 8.62. The fourth-order valence-corrected chi connectivity index (χ4v) is 3.31. The number of benzene rings is 1. The lowest BCUT2D eigenvalue weighted by Crippen LogP contribution is -2.41. The predicted molar refractivity (Wildman–Crippen MR) is 96.6 cm³/mol. The molecule has 0 spiro atoms. The molecule has 5 heteroatoms. The molecular weight excluding hydrogens is 302 g/mol. The molecule has 1 saturated heterocycles. The van der Waals surface area contributed by atoms with E-state index in [0.29, 0.717) is 19.6 Å². The minimum Gasteiger partial charge on any atom is -0.378 e. The van der Waals surface area contributed by atoms with E-state index in [4.69, 9.17) is 0 Å². The second kappa shape index (κ2) is 7.34. The van der Waals surface area contributed by atoms with Crippen molar-refractivity contribution in [3.05, 3.63) is 29.8 Å². The highest BCUT2D eigenvalue weighted by Crippen LogP contribution is 2.39. The number of rotatable bonds is 7. The maximum atomic E-state index is 12.7. The summed E-state index contributed by atoms with van der Waals surface area (Å²) in [7, 11) is 5.97. The van der Waals surface area contributed by atoms with Gasteiger partial charge in [-0.05, 0) is 37.6 Å². The molecule has 1 aliphatic heterocycles. The van der Waals surface area contributed by atoms with Crippen molar-refractivity contribution in [1.29, 1.82) is 0 Å². The van der Waals surface area contributed by atoms with Crippen LogP contribution in [0.4, 0.5) is 5.69 Å². The molecule has 132 valence electrons. The van der Waals surface area contributed by atoms with E-state index in [1.54, 1.807) is 0 Å². The Hall–Kier alpha value is -1.88. The lowest BCUT2D eigenvalue weighted by atomic mass is 9.81. The molecule has 2 amide bonds. The first-order valence-electron chi connectivity index (χ1n) is 8.62. The molecule has 1 aromatic carbocycles. The van der Waals surface area contributed by atoms with Gasteiger partial charge in [-0.2, -0.15) is 0 Å². The zero-order valence-electron chi connectivity index (χ0n) is 15.5. The molecular formula is C19H29N3O2. The van der Waals surface area contributed by atoms with Gasteiger partial charge in [-0.1, -0.05) is 26.0 Å². The molecule has 1 heterocycles. The number of anilines is 1. The van der Waals surface area contributed by atoms with Crippen molar-refractivity contribution in [2.24, 2.45) is 5.41 Å². The summed E-state index contributed by atoms with van der Waals surface area (Å²) >= 11 is 0. The van der Waals surface area contributed by atoms with E-state index in [9.17, 15) is 9.59 Å². The van der Waals surface area contributed by atoms with Crippen LogP contribution in [-0.4, -0.2) is 49.4 Å². The number of carbonyl (C=O) groups is 2. The smallest absolute Gasteiger partial charge is 0.236 e. The number of amides is 2. The summed E-state index contributed by atoms with van der Waals surface area (Å²) < 4.78 is 0. The normalized spacial score (nSPS) is 17.0. The number of carbonyl (C=O) groups excluding carboxylic acids is 2. The van der Waals surface area contributed by atoms with Gasteiger partial charge in [0, 0.05) is 32.7 Å². The van der Waals surface area contributed by atoms with E-state index < -0.39 is 5.41 Å². The van der Waals surface area contributed by atoms with Gasteiger partial charge >= 0.3 is 0 Å². The molecule has 5 nitrogen and oxygen atoms in total. The Morgan fingerprint density at radius 3 is 2.08 bits per heavy atom. The molecule has 1 aliphatic rings. The maximum Gasteiger partial charge on any atom is 0.236 e. The Morgan fingerprint density at radius 2 is 1.62 bits per heavy atom. The van der Waals surface area contributed by atoms with Crippen LogP contribution in [0.25, 0.3) is 0 Å². The number of hydrogen-bond acceptors (Lipinski definition) is 4. The predicted octanol–water partition coefficient (Wildman–Crippen LogP) is 2.71. The first kappa shape index (κ1) is 18.5. The van der Waals surface area contributed by atoms with Crippen molar-refractivity contribution in [2.45, 2.75) is 39.7 Å². The molecule has 2 rings (SSSR count). The van der Waals surface area contributed by atoms with E-state index in [1.807, 2.05) is 39.9 Å². The van der Waals surface area contributed by atoms with Crippen LogP contribution in [0.5, 0.6) is 0 Å². The molecule has 0 aliphatic carbocycles. The van der Waals surface area contributed by atoms with Gasteiger partial charge in [0.15, 0.2) is 0 Å². The summed E-state index contributed by atoms with van der Waals surface area (Å²) in [5.74, 6) is -0.0502. The van der Waals surface area contributed by atoms with Crippen LogP contribution >= 0.6 is 0 Å². The van der Waals surface area contributed by atoms with Gasteiger partial charge < -0.3 is 4.90 Å². The van der Waals surface area contributed by atoms with Crippen molar-refractivity contribution in [2.75, 3.05) is 32.7 Å². The van der Waals surface area contributed by atoms with Gasteiger partial charge in [0.25, 0.3) is 0 Å². The van der Waals surface area contributed by atoms with Crippen molar-refractivity contribution < 1.29 is 9.59 Å². The van der Waals surface area contributed by atoms with Gasteiger partial charge in [-0.15, -0.1) is 0 Å². The van der Waals surface area contributed by atoms with E-state index in [-0.39, 0.29) is 11.8 Å². The topological polar surface area (TPSA) is 43.9 Å². The second-order valence-corrected chi connectivity index (χ2v) is 7.01. The standard InChI is InChI=1S/C19H29N3O2/c1-6-19(7-2)12-17(23)22(18(19)24)14-21(5)13-15-8-10-16(11-9-15)20(3)4/h8-11H,6-7,12-14H2,1-5H3. The first-order chi connectivity index (χ1) is 11.3. The molecule has 0 radical (unpaired) electrons. The summed E-state index contributed by atoms with van der Waals surface area (Å²) in [4.78, 5) is 30.5. The monoisotopic (exact) mass is 331 g/mol. The van der Waals surface area contributed by atoms with Crippen LogP contribution in [0.1, 0.15) is 38.7 Å². The number of nitrogens with zero attached hydrogens (tertiary/aromatic N) is 3. The Labute approximate surface area is 145 Å². The minimum absolute atomic E-state index is 0.00712. The third kappa shape index (κ3) is 3.61. The summed E-state index contributed by atoms with van der Waals surface area (Å²) in [6, 6.07) is 8.33. The summed E-state index contributed by atoms with van der Waals surface area (Å²) in [6.07, 6.45) is 1.80. The number of hydrogen-bond donors (Lipinski definition) is 0. The highest BCUT2D eigenvalue weighted by molar-refractivity contribution is 6.05. The van der Waals surface area contributed by atoms with E-state index in [2.05, 4.69) is 29.2 Å². The zero-order valence-corrected chi connectivity index (χ0v) is 15.5. The highest BCUT2D eigenvalue weighted by Gasteiger charge is 2.49. The molecule has 0 bridgehead atoms. The Morgan fingerprint density at radius 1 is 1.04 bits per heavy atom. The van der Waals surface area contributed by atoms with Crippen LogP contribution in [-0.2, 0) is 16.1 Å². The molecule has 0 unspecified atom stereocenters. The van der Waals surface area contributed by atoms with Gasteiger partial charge in [0.2, 0.25) is 11.8 Å². The summed E-state index contributed by atoms with van der Waals surface area (Å²) in [5, 5.41) is 0. The van der Waals surface area contributed by atoms with Gasteiger partial charge in [0.05, 0.1) is 12.1 Å². The van der Waals surface area contributed by atoms with Crippen molar-refractivity contribution in [3.8, 4) is 0 Å². The average Bonchev–Trinajstić information content (AvgIpc) is 2.80. The zero-order chi connectivity index (χ0) is 17.9. The Kier molecular flexibility index (Phi) is 5.65. The third-order valence-electron chi connectivity index (χ3n) is 5.13. The van der Waals surface area contributed by atoms with Crippen LogP contribution in [0, 0.1) is 5.41 Å². The van der Waals surface area contributed by atoms with E-state index >= 15 is 0 Å². The molecule has 1 aromatic rings.